The van der Waals surface area contributed by atoms with Crippen LogP contribution in [0.25, 0.3) is 0 Å². The van der Waals surface area contributed by atoms with Crippen molar-refractivity contribution < 1.29 is 18.0 Å². The first-order valence-corrected chi connectivity index (χ1v) is 11.0. The Balaban J connectivity index is 1.69. The minimum atomic E-state index is -3.70. The highest BCUT2D eigenvalue weighted by Gasteiger charge is 2.31. The molecule has 0 unspecified atom stereocenters. The zero-order valence-electron chi connectivity index (χ0n) is 16.0. The summed E-state index contributed by atoms with van der Waals surface area (Å²) in [6.07, 6.45) is 0. The Morgan fingerprint density at radius 3 is 2.43 bits per heavy atom. The molecule has 1 aliphatic heterocycles. The number of carbonyl (C=O) groups is 2. The molecule has 0 bridgehead atoms. The largest absolute Gasteiger partial charge is 0.335 e. The van der Waals surface area contributed by atoms with Gasteiger partial charge in [-0.05, 0) is 31.2 Å². The lowest BCUT2D eigenvalue weighted by molar-refractivity contribution is -0.134. The van der Waals surface area contributed by atoms with Gasteiger partial charge in [0.25, 0.3) is 10.0 Å². The van der Waals surface area contributed by atoms with Crippen LogP contribution in [0.2, 0.25) is 10.0 Å². The first-order valence-electron chi connectivity index (χ1n) is 8.79. The molecule has 11 heteroatoms. The Kier molecular flexibility index (Phi) is 6.35. The zero-order chi connectivity index (χ0) is 22.1. The van der Waals surface area contributed by atoms with Crippen LogP contribution in [0.4, 0.5) is 5.69 Å². The second-order valence-corrected chi connectivity index (χ2v) is 9.06. The number of carbonyl (C=O) groups excluding carboxylic acids is 2. The predicted molar refractivity (Wildman–Crippen MR) is 115 cm³/mol. The molecule has 1 heterocycles. The minimum absolute atomic E-state index is 0.0900. The zero-order valence-corrected chi connectivity index (χ0v) is 18.3. The third-order valence-electron chi connectivity index (χ3n) is 4.33. The van der Waals surface area contributed by atoms with Crippen LogP contribution in [0.5, 0.6) is 0 Å². The van der Waals surface area contributed by atoms with E-state index in [0.29, 0.717) is 5.56 Å². The molecule has 2 N–H and O–H groups in total. The Labute approximate surface area is 183 Å². The maximum atomic E-state index is 12.6. The van der Waals surface area contributed by atoms with Gasteiger partial charge in [0.05, 0.1) is 27.2 Å². The summed E-state index contributed by atoms with van der Waals surface area (Å²) in [5, 5.41) is 3.13. The monoisotopic (exact) mass is 468 g/mol. The quantitative estimate of drug-likeness (QED) is 0.702. The molecule has 0 aromatic heterocycles. The third kappa shape index (κ3) is 4.58. The lowest BCUT2D eigenvalue weighted by atomic mass is 10.2. The van der Waals surface area contributed by atoms with Gasteiger partial charge < -0.3 is 10.2 Å². The smallest absolute Gasteiger partial charge is 0.263 e. The molecular weight excluding hydrogens is 451 g/mol. The summed E-state index contributed by atoms with van der Waals surface area (Å²) in [5.41, 5.74) is 0.655. The molecule has 0 spiro atoms. The van der Waals surface area contributed by atoms with Crippen LogP contribution in [0, 0.1) is 0 Å². The van der Waals surface area contributed by atoms with E-state index in [4.69, 9.17) is 23.2 Å². The number of halogens is 2. The molecule has 1 atom stereocenters. The summed E-state index contributed by atoms with van der Waals surface area (Å²) >= 11 is 12.1. The third-order valence-corrected chi connectivity index (χ3v) is 6.35. The Hall–Kier alpha value is -2.62. The number of benzene rings is 2. The van der Waals surface area contributed by atoms with Gasteiger partial charge in [0.15, 0.2) is 0 Å². The molecule has 0 saturated carbocycles. The van der Waals surface area contributed by atoms with Crippen LogP contribution >= 0.6 is 23.2 Å². The first-order chi connectivity index (χ1) is 14.1. The number of sulfonamides is 1. The van der Waals surface area contributed by atoms with Gasteiger partial charge in [-0.3, -0.25) is 19.3 Å². The topological polar surface area (TPSA) is 108 Å². The number of rotatable bonds is 5. The van der Waals surface area contributed by atoms with Crippen molar-refractivity contribution in [2.45, 2.75) is 17.9 Å². The fourth-order valence-corrected chi connectivity index (χ4v) is 4.62. The molecule has 0 saturated heterocycles. The van der Waals surface area contributed by atoms with Crippen molar-refractivity contribution in [3.8, 4) is 0 Å². The van der Waals surface area contributed by atoms with E-state index in [1.807, 2.05) is 0 Å². The van der Waals surface area contributed by atoms with Crippen molar-refractivity contribution in [3.63, 3.8) is 0 Å². The number of nitrogens with one attached hydrogen (secondary N) is 2. The first kappa shape index (κ1) is 22.1. The summed E-state index contributed by atoms with van der Waals surface area (Å²) in [7, 11) is -2.26. The summed E-state index contributed by atoms with van der Waals surface area (Å²) in [4.78, 5) is 30.4. The van der Waals surface area contributed by atoms with Crippen LogP contribution in [-0.4, -0.2) is 50.6 Å². The van der Waals surface area contributed by atoms with Crippen molar-refractivity contribution in [2.75, 3.05) is 18.9 Å². The summed E-state index contributed by atoms with van der Waals surface area (Å²) < 4.78 is 26.7. The number of amidine groups is 1. The van der Waals surface area contributed by atoms with Crippen molar-refractivity contribution in [3.05, 3.63) is 58.1 Å². The second kappa shape index (κ2) is 8.63. The molecule has 0 fully saturated rings. The molecule has 2 aromatic carbocycles. The van der Waals surface area contributed by atoms with Crippen LogP contribution in [0.15, 0.2) is 52.4 Å². The van der Waals surface area contributed by atoms with E-state index in [9.17, 15) is 18.0 Å². The van der Waals surface area contributed by atoms with E-state index in [2.05, 4.69) is 15.0 Å². The molecule has 0 aliphatic carbocycles. The lowest BCUT2D eigenvalue weighted by Crippen LogP contribution is -2.40. The highest BCUT2D eigenvalue weighted by atomic mass is 35.5. The molecule has 2 aromatic rings. The van der Waals surface area contributed by atoms with Gasteiger partial charge in [0, 0.05) is 12.6 Å². The summed E-state index contributed by atoms with van der Waals surface area (Å²) in [5.74, 6) is -0.869. The Bertz CT molecular complexity index is 1130. The number of aliphatic imine (C=N–C) groups is 1. The predicted octanol–water partition coefficient (Wildman–Crippen LogP) is 2.52. The maximum absolute atomic E-state index is 12.6. The van der Waals surface area contributed by atoms with E-state index >= 15 is 0 Å². The van der Waals surface area contributed by atoms with E-state index in [0.717, 1.165) is 0 Å². The van der Waals surface area contributed by atoms with Crippen molar-refractivity contribution in [1.29, 1.82) is 0 Å². The average Bonchev–Trinajstić information content (AvgIpc) is 2.94. The van der Waals surface area contributed by atoms with Crippen LogP contribution in [0.3, 0.4) is 0 Å². The standard InChI is InChI=1S/C19H18Cl2N4O4S/c1-11(22-18-12-6-3-4-9-15(12)30(28,29)24-18)19(27)25(2)10-16(26)23-17-13(20)7-5-8-14(17)21/h3-9,11H,10H2,1-2H3,(H,22,24)(H,23,26)/t11-/m0/s1. The lowest BCUT2D eigenvalue weighted by Gasteiger charge is -2.20. The highest BCUT2D eigenvalue weighted by molar-refractivity contribution is 7.90. The normalized spacial score (nSPS) is 16.5. The van der Waals surface area contributed by atoms with Gasteiger partial charge in [0.1, 0.15) is 11.9 Å². The maximum Gasteiger partial charge on any atom is 0.263 e. The number of hydrogen-bond acceptors (Lipinski definition) is 5. The number of anilines is 1. The highest BCUT2D eigenvalue weighted by Crippen LogP contribution is 2.29. The molecule has 1 aliphatic rings. The molecule has 0 radical (unpaired) electrons. The SMILES string of the molecule is C[C@H](N=C1NS(=O)(=O)c2ccccc21)C(=O)N(C)CC(=O)Nc1c(Cl)cccc1Cl. The summed E-state index contributed by atoms with van der Waals surface area (Å²) in [6.45, 7) is 1.25. The van der Waals surface area contributed by atoms with E-state index < -0.39 is 27.9 Å². The number of amides is 2. The van der Waals surface area contributed by atoms with Gasteiger partial charge >= 0.3 is 0 Å². The number of fused-ring (bicyclic) bond motifs is 1. The van der Waals surface area contributed by atoms with Crippen LogP contribution in [0.1, 0.15) is 12.5 Å². The summed E-state index contributed by atoms with van der Waals surface area (Å²) in [6, 6.07) is 10.2. The number of likely N-dealkylation sites (N-methyl/N-ethyl adjacent to an activating group) is 1. The van der Waals surface area contributed by atoms with E-state index in [-0.39, 0.29) is 33.0 Å². The van der Waals surface area contributed by atoms with Crippen molar-refractivity contribution >= 4 is 56.6 Å². The van der Waals surface area contributed by atoms with Crippen molar-refractivity contribution in [2.24, 2.45) is 4.99 Å². The van der Waals surface area contributed by atoms with Gasteiger partial charge in [-0.1, -0.05) is 41.4 Å². The minimum Gasteiger partial charge on any atom is -0.335 e. The molecule has 8 nitrogen and oxygen atoms in total. The van der Waals surface area contributed by atoms with Gasteiger partial charge in [-0.25, -0.2) is 8.42 Å². The Morgan fingerprint density at radius 1 is 1.13 bits per heavy atom. The Morgan fingerprint density at radius 2 is 1.77 bits per heavy atom. The fourth-order valence-electron chi connectivity index (χ4n) is 2.89. The number of para-hydroxylation sites is 1. The molecule has 158 valence electrons. The van der Waals surface area contributed by atoms with Gasteiger partial charge in [-0.2, -0.15) is 0 Å². The van der Waals surface area contributed by atoms with Crippen LogP contribution < -0.4 is 10.0 Å². The fraction of sp³-hybridized carbons (Fsp3) is 0.211. The van der Waals surface area contributed by atoms with Gasteiger partial charge in [-0.15, -0.1) is 0 Å². The van der Waals surface area contributed by atoms with Crippen molar-refractivity contribution in [1.82, 2.24) is 9.62 Å². The van der Waals surface area contributed by atoms with Crippen LogP contribution in [-0.2, 0) is 19.6 Å². The molecule has 30 heavy (non-hydrogen) atoms. The number of hydrogen-bond donors (Lipinski definition) is 2. The molecule has 2 amide bonds. The number of nitrogens with zero attached hydrogens (tertiary/aromatic N) is 2. The molecular formula is C19H18Cl2N4O4S. The van der Waals surface area contributed by atoms with E-state index in [1.165, 1.54) is 24.9 Å². The molecule has 3 rings (SSSR count). The van der Waals surface area contributed by atoms with Gasteiger partial charge in [0.2, 0.25) is 11.8 Å². The average molecular weight is 469 g/mol. The van der Waals surface area contributed by atoms with E-state index in [1.54, 1.807) is 36.4 Å². The second-order valence-electron chi connectivity index (χ2n) is 6.59.